The summed E-state index contributed by atoms with van der Waals surface area (Å²) in [6.45, 7) is 3.78. The Hall–Kier alpha value is -2.38. The first-order chi connectivity index (χ1) is 10.8. The van der Waals surface area contributed by atoms with Crippen LogP contribution in [0.1, 0.15) is 29.5 Å². The summed E-state index contributed by atoms with van der Waals surface area (Å²) in [5.41, 5.74) is 3.01. The molecule has 0 aliphatic carbocycles. The van der Waals surface area contributed by atoms with E-state index in [0.717, 1.165) is 37.6 Å². The van der Waals surface area contributed by atoms with Crippen LogP contribution in [0.3, 0.4) is 0 Å². The minimum Gasteiger partial charge on any atom is -0.357 e. The van der Waals surface area contributed by atoms with Crippen molar-refractivity contribution in [3.05, 3.63) is 59.3 Å². The van der Waals surface area contributed by atoms with Crippen LogP contribution in [0.25, 0.3) is 0 Å². The molecule has 1 saturated heterocycles. The highest BCUT2D eigenvalue weighted by Crippen LogP contribution is 2.17. The molecule has 2 heterocycles. The molecule has 1 N–H and O–H groups in total. The van der Waals surface area contributed by atoms with E-state index in [4.69, 9.17) is 5.26 Å². The summed E-state index contributed by atoms with van der Waals surface area (Å²) in [4.78, 5) is 6.89. The first-order valence-corrected chi connectivity index (χ1v) is 7.75. The lowest BCUT2D eigenvalue weighted by Crippen LogP contribution is -2.19. The number of hydrogen-bond donors (Lipinski definition) is 1. The molecule has 1 fully saturated rings. The highest BCUT2D eigenvalue weighted by atomic mass is 15.2. The van der Waals surface area contributed by atoms with E-state index in [-0.39, 0.29) is 0 Å². The molecule has 0 atom stereocenters. The summed E-state index contributed by atoms with van der Waals surface area (Å²) in [6, 6.07) is 14.1. The molecule has 1 aromatic carbocycles. The van der Waals surface area contributed by atoms with Crippen LogP contribution in [-0.4, -0.2) is 18.1 Å². The molecule has 4 heteroatoms. The summed E-state index contributed by atoms with van der Waals surface area (Å²) >= 11 is 0. The zero-order valence-electron chi connectivity index (χ0n) is 12.6. The van der Waals surface area contributed by atoms with Crippen LogP contribution in [0.15, 0.2) is 42.6 Å². The maximum Gasteiger partial charge on any atom is 0.128 e. The monoisotopic (exact) mass is 292 g/mol. The number of rotatable bonds is 5. The van der Waals surface area contributed by atoms with Gasteiger partial charge in [-0.2, -0.15) is 5.26 Å². The highest BCUT2D eigenvalue weighted by Gasteiger charge is 2.12. The topological polar surface area (TPSA) is 52.0 Å². The van der Waals surface area contributed by atoms with Gasteiger partial charge < -0.3 is 10.2 Å². The molecule has 1 aliphatic rings. The number of aromatic nitrogens is 1. The van der Waals surface area contributed by atoms with E-state index in [0.29, 0.717) is 5.56 Å². The van der Waals surface area contributed by atoms with E-state index in [1.165, 1.54) is 18.4 Å². The van der Waals surface area contributed by atoms with Gasteiger partial charge in [0.05, 0.1) is 11.6 Å². The number of hydrogen-bond acceptors (Lipinski definition) is 4. The predicted octanol–water partition coefficient (Wildman–Crippen LogP) is 2.84. The molecule has 0 bridgehead atoms. The number of benzene rings is 1. The summed E-state index contributed by atoms with van der Waals surface area (Å²) in [5.74, 6) is 1.09. The summed E-state index contributed by atoms with van der Waals surface area (Å²) in [6.07, 6.45) is 4.49. The average molecular weight is 292 g/mol. The van der Waals surface area contributed by atoms with E-state index in [1.807, 2.05) is 30.5 Å². The first kappa shape index (κ1) is 14.6. The SMILES string of the molecule is N#Cc1cccc(CNCc2ccc(N3CCCC3)nc2)c1. The number of nitriles is 1. The first-order valence-electron chi connectivity index (χ1n) is 7.75. The third-order valence-corrected chi connectivity index (χ3v) is 3.95. The van der Waals surface area contributed by atoms with E-state index >= 15 is 0 Å². The minimum atomic E-state index is 0.705. The van der Waals surface area contributed by atoms with Crippen molar-refractivity contribution in [1.82, 2.24) is 10.3 Å². The Bertz CT molecular complexity index is 652. The standard InChI is InChI=1S/C18H20N4/c19-11-15-4-3-5-16(10-15)12-20-13-17-6-7-18(21-14-17)22-8-1-2-9-22/h3-7,10,14,20H,1-2,8-9,12-13H2. The number of anilines is 1. The lowest BCUT2D eigenvalue weighted by molar-refractivity contribution is 0.691. The van der Waals surface area contributed by atoms with Crippen LogP contribution in [-0.2, 0) is 13.1 Å². The lowest BCUT2D eigenvalue weighted by atomic mass is 10.1. The Kier molecular flexibility index (Phi) is 4.67. The van der Waals surface area contributed by atoms with Gasteiger partial charge in [-0.15, -0.1) is 0 Å². The molecule has 0 unspecified atom stereocenters. The van der Waals surface area contributed by atoms with E-state index in [9.17, 15) is 0 Å². The lowest BCUT2D eigenvalue weighted by Gasteiger charge is -2.16. The van der Waals surface area contributed by atoms with Crippen molar-refractivity contribution in [1.29, 1.82) is 5.26 Å². The predicted molar refractivity (Wildman–Crippen MR) is 87.4 cm³/mol. The Labute approximate surface area is 131 Å². The molecule has 4 nitrogen and oxygen atoms in total. The molecular weight excluding hydrogens is 272 g/mol. The van der Waals surface area contributed by atoms with Gasteiger partial charge in [0.2, 0.25) is 0 Å². The molecule has 3 rings (SSSR count). The van der Waals surface area contributed by atoms with Gasteiger partial charge in [-0.05, 0) is 42.2 Å². The van der Waals surface area contributed by atoms with Crippen LogP contribution in [0.5, 0.6) is 0 Å². The van der Waals surface area contributed by atoms with Gasteiger partial charge in [-0.3, -0.25) is 0 Å². The zero-order valence-corrected chi connectivity index (χ0v) is 12.6. The van der Waals surface area contributed by atoms with Crippen LogP contribution < -0.4 is 10.2 Å². The largest absolute Gasteiger partial charge is 0.357 e. The fourth-order valence-corrected chi connectivity index (χ4v) is 2.76. The quantitative estimate of drug-likeness (QED) is 0.920. The van der Waals surface area contributed by atoms with E-state index in [1.54, 1.807) is 0 Å². The van der Waals surface area contributed by atoms with Gasteiger partial charge in [0.1, 0.15) is 5.82 Å². The van der Waals surface area contributed by atoms with Crippen LogP contribution in [0.2, 0.25) is 0 Å². The molecule has 112 valence electrons. The normalized spacial score (nSPS) is 14.0. The minimum absolute atomic E-state index is 0.705. The average Bonchev–Trinajstić information content (AvgIpc) is 3.10. The van der Waals surface area contributed by atoms with Crippen molar-refractivity contribution < 1.29 is 0 Å². The van der Waals surface area contributed by atoms with Gasteiger partial charge in [-0.1, -0.05) is 18.2 Å². The Morgan fingerprint density at radius 1 is 1.09 bits per heavy atom. The van der Waals surface area contributed by atoms with Gasteiger partial charge in [0.25, 0.3) is 0 Å². The number of pyridine rings is 1. The maximum atomic E-state index is 8.90. The van der Waals surface area contributed by atoms with E-state index in [2.05, 4.69) is 33.4 Å². The highest BCUT2D eigenvalue weighted by molar-refractivity contribution is 5.40. The van der Waals surface area contributed by atoms with Gasteiger partial charge in [-0.25, -0.2) is 4.98 Å². The second kappa shape index (κ2) is 7.06. The number of nitrogens with one attached hydrogen (secondary N) is 1. The van der Waals surface area contributed by atoms with Gasteiger partial charge >= 0.3 is 0 Å². The molecule has 0 amide bonds. The molecule has 1 aromatic heterocycles. The van der Waals surface area contributed by atoms with Gasteiger partial charge in [0.15, 0.2) is 0 Å². The van der Waals surface area contributed by atoms with Crippen LogP contribution in [0.4, 0.5) is 5.82 Å². The molecule has 0 spiro atoms. The smallest absolute Gasteiger partial charge is 0.128 e. The fraction of sp³-hybridized carbons (Fsp3) is 0.333. The van der Waals surface area contributed by atoms with Crippen molar-refractivity contribution in [2.75, 3.05) is 18.0 Å². The Morgan fingerprint density at radius 2 is 1.91 bits per heavy atom. The molecule has 2 aromatic rings. The second-order valence-corrected chi connectivity index (χ2v) is 5.63. The van der Waals surface area contributed by atoms with Crippen molar-refractivity contribution in [2.45, 2.75) is 25.9 Å². The van der Waals surface area contributed by atoms with Crippen LogP contribution >= 0.6 is 0 Å². The van der Waals surface area contributed by atoms with Crippen LogP contribution in [0, 0.1) is 11.3 Å². The van der Waals surface area contributed by atoms with Crippen molar-refractivity contribution in [2.24, 2.45) is 0 Å². The summed E-state index contributed by atoms with van der Waals surface area (Å²) < 4.78 is 0. The van der Waals surface area contributed by atoms with Crippen molar-refractivity contribution in [3.63, 3.8) is 0 Å². The Morgan fingerprint density at radius 3 is 2.64 bits per heavy atom. The molecule has 0 saturated carbocycles. The maximum absolute atomic E-state index is 8.90. The molecule has 1 aliphatic heterocycles. The third-order valence-electron chi connectivity index (χ3n) is 3.95. The molecule has 22 heavy (non-hydrogen) atoms. The summed E-state index contributed by atoms with van der Waals surface area (Å²) in [7, 11) is 0. The van der Waals surface area contributed by atoms with E-state index < -0.39 is 0 Å². The molecule has 0 radical (unpaired) electrons. The number of nitrogens with zero attached hydrogens (tertiary/aromatic N) is 3. The third kappa shape index (κ3) is 3.63. The summed E-state index contributed by atoms with van der Waals surface area (Å²) in [5, 5.41) is 12.3. The Balaban J connectivity index is 1.52. The molecular formula is C18H20N4. The second-order valence-electron chi connectivity index (χ2n) is 5.63. The van der Waals surface area contributed by atoms with Crippen molar-refractivity contribution in [3.8, 4) is 6.07 Å². The fourth-order valence-electron chi connectivity index (χ4n) is 2.76. The van der Waals surface area contributed by atoms with Gasteiger partial charge in [0, 0.05) is 32.4 Å². The zero-order chi connectivity index (χ0) is 15.2. The van der Waals surface area contributed by atoms with Crippen molar-refractivity contribution >= 4 is 5.82 Å².